The van der Waals surface area contributed by atoms with Crippen molar-refractivity contribution < 1.29 is 9.18 Å². The van der Waals surface area contributed by atoms with Crippen LogP contribution in [0.1, 0.15) is 32.3 Å². The Hall–Kier alpha value is -0.900. The summed E-state index contributed by atoms with van der Waals surface area (Å²) in [5, 5.41) is 6.51. The Kier molecular flexibility index (Phi) is 9.70. The molecule has 1 aromatic rings. The number of nitrogens with one attached hydrogen (secondary N) is 2. The highest BCUT2D eigenvalue weighted by atomic mass is 127. The maximum Gasteiger partial charge on any atom is 0.222 e. The molecule has 1 saturated heterocycles. The van der Waals surface area contributed by atoms with Crippen LogP contribution in [0.15, 0.2) is 27.7 Å². The molecule has 1 aliphatic heterocycles. The zero-order chi connectivity index (χ0) is 17.5. The number of benzene rings is 1. The smallest absolute Gasteiger partial charge is 0.222 e. The van der Waals surface area contributed by atoms with Crippen LogP contribution >= 0.6 is 39.9 Å². The molecule has 1 fully saturated rings. The van der Waals surface area contributed by atoms with Gasteiger partial charge < -0.3 is 15.5 Å². The van der Waals surface area contributed by atoms with E-state index in [4.69, 9.17) is 0 Å². The van der Waals surface area contributed by atoms with Gasteiger partial charge >= 0.3 is 0 Å². The molecule has 5 nitrogen and oxygen atoms in total. The van der Waals surface area contributed by atoms with E-state index < -0.39 is 0 Å². The SMILES string of the molecule is CCNC(=NCc1ccc(Br)cc1F)NC1CCN(C(=O)CC)C1.I. The van der Waals surface area contributed by atoms with Crippen molar-refractivity contribution >= 4 is 51.8 Å². The van der Waals surface area contributed by atoms with Crippen molar-refractivity contribution in [3.05, 3.63) is 34.1 Å². The number of guanidine groups is 1. The summed E-state index contributed by atoms with van der Waals surface area (Å²) in [7, 11) is 0. The van der Waals surface area contributed by atoms with E-state index in [1.165, 1.54) is 6.07 Å². The van der Waals surface area contributed by atoms with Gasteiger partial charge in [0.05, 0.1) is 6.54 Å². The Morgan fingerprint density at radius 1 is 1.44 bits per heavy atom. The lowest BCUT2D eigenvalue weighted by atomic mass is 10.2. The Bertz CT molecular complexity index is 614. The largest absolute Gasteiger partial charge is 0.357 e. The van der Waals surface area contributed by atoms with E-state index in [0.29, 0.717) is 29.0 Å². The molecule has 140 valence electrons. The van der Waals surface area contributed by atoms with Crippen molar-refractivity contribution in [2.24, 2.45) is 4.99 Å². The highest BCUT2D eigenvalue weighted by Gasteiger charge is 2.25. The summed E-state index contributed by atoms with van der Waals surface area (Å²) in [4.78, 5) is 18.1. The first kappa shape index (κ1) is 22.1. The number of carbonyl (C=O) groups is 1. The van der Waals surface area contributed by atoms with Gasteiger partial charge in [-0.2, -0.15) is 0 Å². The minimum absolute atomic E-state index is 0. The molecule has 0 spiro atoms. The lowest BCUT2D eigenvalue weighted by Crippen LogP contribution is -2.45. The Morgan fingerprint density at radius 2 is 2.20 bits per heavy atom. The second-order valence-corrected chi connectivity index (χ2v) is 6.67. The summed E-state index contributed by atoms with van der Waals surface area (Å²) in [5.41, 5.74) is 0.546. The lowest BCUT2D eigenvalue weighted by Gasteiger charge is -2.18. The average molecular weight is 527 g/mol. The van der Waals surface area contributed by atoms with Gasteiger partial charge in [-0.3, -0.25) is 4.79 Å². The van der Waals surface area contributed by atoms with Gasteiger partial charge in [-0.05, 0) is 25.5 Å². The molecule has 2 N–H and O–H groups in total. The predicted molar refractivity (Wildman–Crippen MR) is 113 cm³/mol. The zero-order valence-corrected chi connectivity index (χ0v) is 18.4. The highest BCUT2D eigenvalue weighted by Crippen LogP contribution is 2.16. The molecule has 1 aromatic carbocycles. The van der Waals surface area contributed by atoms with Gasteiger partial charge in [0.2, 0.25) is 5.91 Å². The molecule has 8 heteroatoms. The summed E-state index contributed by atoms with van der Waals surface area (Å²) in [6, 6.07) is 5.15. The van der Waals surface area contributed by atoms with Gasteiger partial charge in [-0.15, -0.1) is 24.0 Å². The van der Waals surface area contributed by atoms with E-state index >= 15 is 0 Å². The van der Waals surface area contributed by atoms with Crippen LogP contribution in [-0.2, 0) is 11.3 Å². The molecule has 0 aromatic heterocycles. The fourth-order valence-corrected chi connectivity index (χ4v) is 2.99. The third kappa shape index (κ3) is 6.73. The first-order valence-corrected chi connectivity index (χ1v) is 9.09. The van der Waals surface area contributed by atoms with Gasteiger partial charge in [-0.25, -0.2) is 9.38 Å². The number of halogens is 3. The second-order valence-electron chi connectivity index (χ2n) is 5.75. The highest BCUT2D eigenvalue weighted by molar-refractivity contribution is 14.0. The van der Waals surface area contributed by atoms with Crippen LogP contribution in [0.2, 0.25) is 0 Å². The van der Waals surface area contributed by atoms with E-state index in [1.54, 1.807) is 12.1 Å². The normalized spacial score (nSPS) is 17.2. The first-order chi connectivity index (χ1) is 11.5. The van der Waals surface area contributed by atoms with Crippen LogP contribution in [0.4, 0.5) is 4.39 Å². The fourth-order valence-electron chi connectivity index (χ4n) is 2.66. The minimum atomic E-state index is -0.274. The van der Waals surface area contributed by atoms with Crippen LogP contribution in [0.25, 0.3) is 0 Å². The topological polar surface area (TPSA) is 56.7 Å². The lowest BCUT2D eigenvalue weighted by molar-refractivity contribution is -0.129. The number of nitrogens with zero attached hydrogens (tertiary/aromatic N) is 2. The van der Waals surface area contributed by atoms with Crippen molar-refractivity contribution in [3.8, 4) is 0 Å². The number of carbonyl (C=O) groups excluding carboxylic acids is 1. The predicted octanol–water partition coefficient (Wildman–Crippen LogP) is 3.27. The zero-order valence-electron chi connectivity index (χ0n) is 14.5. The third-order valence-corrected chi connectivity index (χ3v) is 4.44. The van der Waals surface area contributed by atoms with E-state index in [-0.39, 0.29) is 48.3 Å². The van der Waals surface area contributed by atoms with Crippen LogP contribution < -0.4 is 10.6 Å². The third-order valence-electron chi connectivity index (χ3n) is 3.95. The molecule has 1 atom stereocenters. The monoisotopic (exact) mass is 526 g/mol. The van der Waals surface area contributed by atoms with Crippen LogP contribution in [0.5, 0.6) is 0 Å². The first-order valence-electron chi connectivity index (χ1n) is 8.30. The fraction of sp³-hybridized carbons (Fsp3) is 0.529. The molecule has 0 saturated carbocycles. The van der Waals surface area contributed by atoms with Crippen molar-refractivity contribution in [2.45, 2.75) is 39.3 Å². The number of aliphatic imine (C=N–C) groups is 1. The number of hydrogen-bond donors (Lipinski definition) is 2. The molecule has 0 aliphatic carbocycles. The van der Waals surface area contributed by atoms with Gasteiger partial charge in [-0.1, -0.05) is 28.9 Å². The second kappa shape index (κ2) is 10.9. The molecular formula is C17H25BrFIN4O. The van der Waals surface area contributed by atoms with Crippen molar-refractivity contribution in [1.82, 2.24) is 15.5 Å². The number of amides is 1. The van der Waals surface area contributed by atoms with Crippen LogP contribution in [0, 0.1) is 5.82 Å². The molecule has 1 amide bonds. The summed E-state index contributed by atoms with van der Waals surface area (Å²) >= 11 is 3.25. The molecule has 1 unspecified atom stereocenters. The van der Waals surface area contributed by atoms with Gasteiger partial charge in [0.1, 0.15) is 5.82 Å². The molecule has 1 aliphatic rings. The molecular weight excluding hydrogens is 502 g/mol. The molecule has 25 heavy (non-hydrogen) atoms. The maximum absolute atomic E-state index is 13.9. The van der Waals surface area contributed by atoms with Gasteiger partial charge in [0.25, 0.3) is 0 Å². The molecule has 1 heterocycles. The van der Waals surface area contributed by atoms with E-state index in [9.17, 15) is 9.18 Å². The van der Waals surface area contributed by atoms with Crippen molar-refractivity contribution in [2.75, 3.05) is 19.6 Å². The van der Waals surface area contributed by atoms with Gasteiger partial charge in [0, 0.05) is 42.1 Å². The van der Waals surface area contributed by atoms with Crippen LogP contribution in [-0.4, -0.2) is 42.4 Å². The number of likely N-dealkylation sites (tertiary alicyclic amines) is 1. The average Bonchev–Trinajstić information content (AvgIpc) is 3.02. The Labute approximate surface area is 174 Å². The standard InChI is InChI=1S/C17H24BrFN4O.HI/c1-3-16(24)23-8-7-14(11-23)22-17(20-4-2)21-10-12-5-6-13(18)9-15(12)19;/h5-6,9,14H,3-4,7-8,10-11H2,1-2H3,(H2,20,21,22);1H. The van der Waals surface area contributed by atoms with Crippen LogP contribution in [0.3, 0.4) is 0 Å². The Balaban J connectivity index is 0.00000312. The van der Waals surface area contributed by atoms with Gasteiger partial charge in [0.15, 0.2) is 5.96 Å². The number of hydrogen-bond acceptors (Lipinski definition) is 2. The molecule has 0 radical (unpaired) electrons. The maximum atomic E-state index is 13.9. The van der Waals surface area contributed by atoms with E-state index in [0.717, 1.165) is 19.5 Å². The van der Waals surface area contributed by atoms with Crippen molar-refractivity contribution in [3.63, 3.8) is 0 Å². The minimum Gasteiger partial charge on any atom is -0.357 e. The molecule has 2 rings (SSSR count). The summed E-state index contributed by atoms with van der Waals surface area (Å²) < 4.78 is 14.6. The molecule has 0 bridgehead atoms. The Morgan fingerprint density at radius 3 is 2.84 bits per heavy atom. The summed E-state index contributed by atoms with van der Waals surface area (Å²) in [6.07, 6.45) is 1.42. The number of rotatable bonds is 5. The quantitative estimate of drug-likeness (QED) is 0.352. The summed E-state index contributed by atoms with van der Waals surface area (Å²) in [6.45, 7) is 6.30. The van der Waals surface area contributed by atoms with E-state index in [1.807, 2.05) is 18.7 Å². The van der Waals surface area contributed by atoms with Crippen molar-refractivity contribution in [1.29, 1.82) is 0 Å². The van der Waals surface area contributed by atoms with E-state index in [2.05, 4.69) is 31.6 Å². The summed E-state index contributed by atoms with van der Waals surface area (Å²) in [5.74, 6) is 0.554.